The van der Waals surface area contributed by atoms with E-state index in [9.17, 15) is 14.7 Å². The summed E-state index contributed by atoms with van der Waals surface area (Å²) in [6.07, 6.45) is 1.70. The molecular weight excluding hydrogens is 266 g/mol. The minimum Gasteiger partial charge on any atom is -0.480 e. The largest absolute Gasteiger partial charge is 0.480 e. The Balaban J connectivity index is 2.25. The Morgan fingerprint density at radius 1 is 1.53 bits per heavy atom. The SMILES string of the molecule is CCCC1SCC(C(=O)O)N1C(=O)c1ccc(C)o1. The van der Waals surface area contributed by atoms with Crippen molar-refractivity contribution in [1.82, 2.24) is 4.90 Å². The summed E-state index contributed by atoms with van der Waals surface area (Å²) in [6, 6.07) is 2.54. The summed E-state index contributed by atoms with van der Waals surface area (Å²) in [5.74, 6) is 0.0129. The van der Waals surface area contributed by atoms with Crippen LogP contribution in [0, 0.1) is 6.92 Å². The number of nitrogens with zero attached hydrogens (tertiary/aromatic N) is 1. The molecule has 0 radical (unpaired) electrons. The van der Waals surface area contributed by atoms with Gasteiger partial charge in [-0.05, 0) is 25.5 Å². The molecule has 0 spiro atoms. The quantitative estimate of drug-likeness (QED) is 0.918. The number of furan rings is 1. The van der Waals surface area contributed by atoms with Gasteiger partial charge >= 0.3 is 5.97 Å². The van der Waals surface area contributed by atoms with Crippen molar-refractivity contribution in [2.24, 2.45) is 0 Å². The summed E-state index contributed by atoms with van der Waals surface area (Å²) in [5.41, 5.74) is 0. The van der Waals surface area contributed by atoms with E-state index >= 15 is 0 Å². The van der Waals surface area contributed by atoms with Crippen LogP contribution < -0.4 is 0 Å². The molecule has 2 unspecified atom stereocenters. The molecule has 0 saturated carbocycles. The van der Waals surface area contributed by atoms with Crippen molar-refractivity contribution in [3.05, 3.63) is 23.7 Å². The summed E-state index contributed by atoms with van der Waals surface area (Å²) >= 11 is 1.52. The monoisotopic (exact) mass is 283 g/mol. The highest BCUT2D eigenvalue weighted by Gasteiger charge is 2.42. The molecule has 6 heteroatoms. The Labute approximate surface area is 116 Å². The number of hydrogen-bond acceptors (Lipinski definition) is 4. The molecule has 1 amide bonds. The summed E-state index contributed by atoms with van der Waals surface area (Å²) in [4.78, 5) is 25.1. The second kappa shape index (κ2) is 5.69. The molecule has 0 bridgehead atoms. The number of hydrogen-bond donors (Lipinski definition) is 1. The number of carbonyl (C=O) groups is 2. The van der Waals surface area contributed by atoms with Crippen molar-refractivity contribution >= 4 is 23.6 Å². The first-order chi connectivity index (χ1) is 9.04. The van der Waals surface area contributed by atoms with E-state index in [1.807, 2.05) is 6.92 Å². The molecule has 1 aliphatic heterocycles. The Bertz CT molecular complexity index is 485. The predicted molar refractivity (Wildman–Crippen MR) is 72.2 cm³/mol. The Hall–Kier alpha value is -1.43. The maximum absolute atomic E-state index is 12.4. The number of thioether (sulfide) groups is 1. The number of carboxylic acid groups (broad SMARTS) is 1. The zero-order valence-corrected chi connectivity index (χ0v) is 11.8. The number of aryl methyl sites for hydroxylation is 1. The number of rotatable bonds is 4. The average molecular weight is 283 g/mol. The fourth-order valence-corrected chi connectivity index (χ4v) is 3.69. The van der Waals surface area contributed by atoms with Crippen molar-refractivity contribution in [3.63, 3.8) is 0 Å². The molecule has 1 fully saturated rings. The van der Waals surface area contributed by atoms with Crippen LogP contribution in [0.15, 0.2) is 16.5 Å². The number of amides is 1. The molecule has 2 rings (SSSR count). The first-order valence-corrected chi connectivity index (χ1v) is 7.33. The first kappa shape index (κ1) is 14.0. The third-order valence-corrected chi connectivity index (χ3v) is 4.45. The van der Waals surface area contributed by atoms with Crippen LogP contribution in [-0.2, 0) is 4.79 Å². The molecule has 1 aliphatic rings. The summed E-state index contributed by atoms with van der Waals surface area (Å²) in [7, 11) is 0. The average Bonchev–Trinajstić information content (AvgIpc) is 2.95. The van der Waals surface area contributed by atoms with Gasteiger partial charge in [-0.2, -0.15) is 0 Å². The van der Waals surface area contributed by atoms with E-state index in [2.05, 4.69) is 0 Å². The lowest BCUT2D eigenvalue weighted by Crippen LogP contribution is -2.45. The fraction of sp³-hybridized carbons (Fsp3) is 0.538. The molecule has 1 saturated heterocycles. The molecule has 0 aliphatic carbocycles. The number of aliphatic carboxylic acids is 1. The van der Waals surface area contributed by atoms with Crippen LogP contribution >= 0.6 is 11.8 Å². The van der Waals surface area contributed by atoms with Gasteiger partial charge in [-0.1, -0.05) is 13.3 Å². The highest BCUT2D eigenvalue weighted by molar-refractivity contribution is 8.00. The standard InChI is InChI=1S/C13H17NO4S/c1-3-4-11-14(9(7-19-11)13(16)17)12(15)10-6-5-8(2)18-10/h5-6,9,11H,3-4,7H2,1-2H3,(H,16,17). The molecule has 2 heterocycles. The van der Waals surface area contributed by atoms with Crippen LogP contribution in [0.3, 0.4) is 0 Å². The number of carboxylic acids is 1. The molecule has 5 nitrogen and oxygen atoms in total. The van der Waals surface area contributed by atoms with E-state index < -0.39 is 12.0 Å². The van der Waals surface area contributed by atoms with Gasteiger partial charge in [0, 0.05) is 5.75 Å². The topological polar surface area (TPSA) is 70.8 Å². The van der Waals surface area contributed by atoms with Crippen LogP contribution in [-0.4, -0.2) is 39.1 Å². The molecule has 0 aromatic carbocycles. The van der Waals surface area contributed by atoms with Gasteiger partial charge in [0.25, 0.3) is 5.91 Å². The van der Waals surface area contributed by atoms with Crippen molar-refractivity contribution in [1.29, 1.82) is 0 Å². The van der Waals surface area contributed by atoms with Crippen molar-refractivity contribution in [3.8, 4) is 0 Å². The molecule has 1 N–H and O–H groups in total. The third kappa shape index (κ3) is 2.78. The number of carbonyl (C=O) groups excluding carboxylic acids is 1. The van der Waals surface area contributed by atoms with E-state index in [0.717, 1.165) is 12.8 Å². The highest BCUT2D eigenvalue weighted by atomic mass is 32.2. The molecule has 2 atom stereocenters. The molecule has 1 aromatic heterocycles. The van der Waals surface area contributed by atoms with Gasteiger partial charge in [-0.3, -0.25) is 4.79 Å². The summed E-state index contributed by atoms with van der Waals surface area (Å²) < 4.78 is 5.32. The third-order valence-electron chi connectivity index (χ3n) is 3.10. The molecule has 19 heavy (non-hydrogen) atoms. The fourth-order valence-electron chi connectivity index (χ4n) is 2.17. The maximum atomic E-state index is 12.4. The zero-order chi connectivity index (χ0) is 14.0. The Morgan fingerprint density at radius 3 is 2.79 bits per heavy atom. The molecular formula is C13H17NO4S. The van der Waals surface area contributed by atoms with Gasteiger partial charge in [-0.15, -0.1) is 11.8 Å². The van der Waals surface area contributed by atoms with Gasteiger partial charge in [0.1, 0.15) is 11.8 Å². The van der Waals surface area contributed by atoms with Crippen molar-refractivity contribution in [2.75, 3.05) is 5.75 Å². The minimum atomic E-state index is -0.956. The van der Waals surface area contributed by atoms with E-state index in [4.69, 9.17) is 4.42 Å². The van der Waals surface area contributed by atoms with Crippen LogP contribution in [0.5, 0.6) is 0 Å². The lowest BCUT2D eigenvalue weighted by Gasteiger charge is -2.26. The van der Waals surface area contributed by atoms with Crippen LogP contribution in [0.1, 0.15) is 36.1 Å². The lowest BCUT2D eigenvalue weighted by atomic mass is 10.2. The van der Waals surface area contributed by atoms with Gasteiger partial charge in [0.05, 0.1) is 5.37 Å². The van der Waals surface area contributed by atoms with Gasteiger partial charge in [0.2, 0.25) is 0 Å². The van der Waals surface area contributed by atoms with E-state index in [1.54, 1.807) is 19.1 Å². The first-order valence-electron chi connectivity index (χ1n) is 6.28. The van der Waals surface area contributed by atoms with E-state index in [0.29, 0.717) is 11.5 Å². The Morgan fingerprint density at radius 2 is 2.26 bits per heavy atom. The van der Waals surface area contributed by atoms with Gasteiger partial charge in [0.15, 0.2) is 5.76 Å². The summed E-state index contributed by atoms with van der Waals surface area (Å²) in [5, 5.41) is 9.15. The molecule has 104 valence electrons. The zero-order valence-electron chi connectivity index (χ0n) is 11.0. The van der Waals surface area contributed by atoms with Crippen LogP contribution in [0.4, 0.5) is 0 Å². The van der Waals surface area contributed by atoms with Crippen LogP contribution in [0.2, 0.25) is 0 Å². The minimum absolute atomic E-state index is 0.0796. The smallest absolute Gasteiger partial charge is 0.327 e. The second-order valence-electron chi connectivity index (χ2n) is 4.55. The van der Waals surface area contributed by atoms with Gasteiger partial charge < -0.3 is 14.4 Å². The van der Waals surface area contributed by atoms with Crippen LogP contribution in [0.25, 0.3) is 0 Å². The second-order valence-corrected chi connectivity index (χ2v) is 5.76. The van der Waals surface area contributed by atoms with Gasteiger partial charge in [-0.25, -0.2) is 4.79 Å². The normalized spacial score (nSPS) is 22.7. The molecule has 1 aromatic rings. The predicted octanol–water partition coefficient (Wildman–Crippen LogP) is 2.36. The maximum Gasteiger partial charge on any atom is 0.327 e. The Kier molecular flexibility index (Phi) is 4.19. The lowest BCUT2D eigenvalue weighted by molar-refractivity contribution is -0.141. The van der Waals surface area contributed by atoms with E-state index in [-0.39, 0.29) is 17.0 Å². The van der Waals surface area contributed by atoms with Crippen molar-refractivity contribution in [2.45, 2.75) is 38.1 Å². The highest BCUT2D eigenvalue weighted by Crippen LogP contribution is 2.33. The van der Waals surface area contributed by atoms with E-state index in [1.165, 1.54) is 16.7 Å². The summed E-state index contributed by atoms with van der Waals surface area (Å²) in [6.45, 7) is 3.78. The van der Waals surface area contributed by atoms with Crippen molar-refractivity contribution < 1.29 is 19.1 Å².